The van der Waals surface area contributed by atoms with Crippen LogP contribution in [0.1, 0.15) is 36.7 Å². The lowest BCUT2D eigenvalue weighted by atomic mass is 10.2. The highest BCUT2D eigenvalue weighted by Gasteiger charge is 2.37. The van der Waals surface area contributed by atoms with Crippen LogP contribution in [-0.4, -0.2) is 30.4 Å². The van der Waals surface area contributed by atoms with Gasteiger partial charge in [-0.2, -0.15) is 0 Å². The Labute approximate surface area is 145 Å². The lowest BCUT2D eigenvalue weighted by molar-refractivity contribution is 0.405. The van der Waals surface area contributed by atoms with Gasteiger partial charge in [0.1, 0.15) is 0 Å². The first kappa shape index (κ1) is 17.2. The molecule has 2 atom stereocenters. The largest absolute Gasteiger partial charge is 0.424 e. The van der Waals surface area contributed by atoms with E-state index in [2.05, 4.69) is 20.2 Å². The van der Waals surface area contributed by atoms with Crippen molar-refractivity contribution in [3.63, 3.8) is 0 Å². The molecule has 2 N–H and O–H groups in total. The number of aromatic nitrogens is 2. The zero-order valence-electron chi connectivity index (χ0n) is 13.4. The molecule has 0 aliphatic carbocycles. The number of hydrogen-bond acceptors (Lipinski definition) is 6. The highest BCUT2D eigenvalue weighted by atomic mass is 35.5. The maximum Gasteiger partial charge on any atom is 0.236 e. The molecule has 1 aromatic carbocycles. The average molecular weight is 371 g/mol. The van der Waals surface area contributed by atoms with Gasteiger partial charge in [-0.05, 0) is 31.0 Å². The molecule has 1 fully saturated rings. The molecule has 3 rings (SSSR count). The van der Waals surface area contributed by atoms with Gasteiger partial charge < -0.3 is 9.73 Å². The summed E-state index contributed by atoms with van der Waals surface area (Å²) in [7, 11) is -3.54. The van der Waals surface area contributed by atoms with E-state index in [-0.39, 0.29) is 6.04 Å². The third-order valence-electron chi connectivity index (χ3n) is 4.04. The topological polar surface area (TPSA) is 97.1 Å². The Morgan fingerprint density at radius 1 is 1.42 bits per heavy atom. The van der Waals surface area contributed by atoms with Gasteiger partial charge in [0.05, 0.1) is 11.3 Å². The van der Waals surface area contributed by atoms with E-state index in [0.717, 1.165) is 5.56 Å². The number of anilines is 1. The second-order valence-corrected chi connectivity index (χ2v) is 8.19. The van der Waals surface area contributed by atoms with Gasteiger partial charge in [0, 0.05) is 23.7 Å². The van der Waals surface area contributed by atoms with Crippen LogP contribution >= 0.6 is 11.6 Å². The van der Waals surface area contributed by atoms with Gasteiger partial charge in [-0.3, -0.25) is 4.72 Å². The summed E-state index contributed by atoms with van der Waals surface area (Å²) in [5.41, 5.74) is 1.35. The number of aryl methyl sites for hydroxylation is 2. The van der Waals surface area contributed by atoms with Crippen molar-refractivity contribution in [2.24, 2.45) is 0 Å². The summed E-state index contributed by atoms with van der Waals surface area (Å²) in [5.74, 6) is 0.980. The van der Waals surface area contributed by atoms with E-state index in [1.165, 1.54) is 0 Å². The van der Waals surface area contributed by atoms with Crippen LogP contribution in [0.3, 0.4) is 0 Å². The predicted molar refractivity (Wildman–Crippen MR) is 91.6 cm³/mol. The Hall–Kier alpha value is -1.64. The summed E-state index contributed by atoms with van der Waals surface area (Å²) in [5, 5.41) is 11.0. The Bertz CT molecular complexity index is 837. The minimum absolute atomic E-state index is 0.249. The first-order valence-electron chi connectivity index (χ1n) is 7.72. The van der Waals surface area contributed by atoms with Gasteiger partial charge in [0.15, 0.2) is 0 Å². The molecule has 7 nitrogen and oxygen atoms in total. The fourth-order valence-corrected chi connectivity index (χ4v) is 4.15. The number of hydrogen-bond donors (Lipinski definition) is 2. The minimum Gasteiger partial charge on any atom is -0.424 e. The van der Waals surface area contributed by atoms with Gasteiger partial charge in [-0.25, -0.2) is 8.42 Å². The van der Waals surface area contributed by atoms with Crippen molar-refractivity contribution in [2.75, 3.05) is 11.3 Å². The number of halogens is 1. The molecule has 0 bridgehead atoms. The maximum absolute atomic E-state index is 12.6. The normalized spacial score (nSPS) is 21.1. The molecule has 1 saturated heterocycles. The molecule has 1 aliphatic rings. The first-order valence-corrected chi connectivity index (χ1v) is 9.65. The number of benzene rings is 1. The lowest BCUT2D eigenvalue weighted by Crippen LogP contribution is -2.29. The average Bonchev–Trinajstić information content (AvgIpc) is 3.19. The number of nitrogens with zero attached hydrogens (tertiary/aromatic N) is 2. The van der Waals surface area contributed by atoms with E-state index >= 15 is 0 Å². The molecule has 0 amide bonds. The van der Waals surface area contributed by atoms with Gasteiger partial charge in [0.25, 0.3) is 0 Å². The van der Waals surface area contributed by atoms with Crippen LogP contribution in [0.15, 0.2) is 22.6 Å². The van der Waals surface area contributed by atoms with Crippen molar-refractivity contribution < 1.29 is 12.8 Å². The van der Waals surface area contributed by atoms with E-state index in [4.69, 9.17) is 16.0 Å². The van der Waals surface area contributed by atoms with Crippen molar-refractivity contribution in [1.29, 1.82) is 0 Å². The monoisotopic (exact) mass is 370 g/mol. The Morgan fingerprint density at radius 3 is 2.88 bits per heavy atom. The Morgan fingerprint density at radius 2 is 2.21 bits per heavy atom. The summed E-state index contributed by atoms with van der Waals surface area (Å²) in [6, 6.07) is 4.84. The fraction of sp³-hybridized carbons (Fsp3) is 0.467. The molecule has 130 valence electrons. The number of sulfonamides is 1. The predicted octanol–water partition coefficient (Wildman–Crippen LogP) is 2.44. The highest BCUT2D eigenvalue weighted by Crippen LogP contribution is 2.28. The zero-order chi connectivity index (χ0) is 17.3. The molecule has 9 heteroatoms. The third kappa shape index (κ3) is 3.55. The SMILES string of the molecule is CCc1nnc(C2CC(S(=O)(=O)Nc3ccc(C)c(Cl)c3)CN2)o1. The smallest absolute Gasteiger partial charge is 0.236 e. The summed E-state index contributed by atoms with van der Waals surface area (Å²) in [6.45, 7) is 4.10. The molecule has 0 spiro atoms. The van der Waals surface area contributed by atoms with Crippen molar-refractivity contribution in [3.05, 3.63) is 40.6 Å². The van der Waals surface area contributed by atoms with E-state index in [1.807, 2.05) is 13.8 Å². The maximum atomic E-state index is 12.6. The minimum atomic E-state index is -3.54. The van der Waals surface area contributed by atoms with Crippen LogP contribution in [0.4, 0.5) is 5.69 Å². The zero-order valence-corrected chi connectivity index (χ0v) is 15.0. The summed E-state index contributed by atoms with van der Waals surface area (Å²) in [6.07, 6.45) is 1.03. The molecule has 2 heterocycles. The van der Waals surface area contributed by atoms with E-state index in [9.17, 15) is 8.42 Å². The van der Waals surface area contributed by atoms with Crippen molar-refractivity contribution in [3.8, 4) is 0 Å². The Balaban J connectivity index is 1.70. The van der Waals surface area contributed by atoms with Gasteiger partial charge >= 0.3 is 0 Å². The summed E-state index contributed by atoms with van der Waals surface area (Å²) >= 11 is 6.05. The molecule has 0 radical (unpaired) electrons. The lowest BCUT2D eigenvalue weighted by Gasteiger charge is -2.13. The van der Waals surface area contributed by atoms with E-state index in [0.29, 0.717) is 41.9 Å². The molecular formula is C15H19ClN4O3S. The van der Waals surface area contributed by atoms with Crippen LogP contribution in [-0.2, 0) is 16.4 Å². The van der Waals surface area contributed by atoms with Crippen LogP contribution < -0.4 is 10.0 Å². The Kier molecular flexibility index (Phi) is 4.80. The molecular weight excluding hydrogens is 352 g/mol. The molecule has 2 aromatic rings. The highest BCUT2D eigenvalue weighted by molar-refractivity contribution is 7.93. The summed E-state index contributed by atoms with van der Waals surface area (Å²) < 4.78 is 33.3. The molecule has 2 unspecified atom stereocenters. The molecule has 24 heavy (non-hydrogen) atoms. The van der Waals surface area contributed by atoms with Gasteiger partial charge in [0.2, 0.25) is 21.8 Å². The van der Waals surface area contributed by atoms with Crippen LogP contribution in [0.25, 0.3) is 0 Å². The first-order chi connectivity index (χ1) is 11.4. The fourth-order valence-electron chi connectivity index (χ4n) is 2.58. The molecule has 0 saturated carbocycles. The number of rotatable bonds is 5. The van der Waals surface area contributed by atoms with Gasteiger partial charge in [-0.1, -0.05) is 24.6 Å². The van der Waals surface area contributed by atoms with Crippen molar-refractivity contribution >= 4 is 27.3 Å². The van der Waals surface area contributed by atoms with Crippen LogP contribution in [0.2, 0.25) is 5.02 Å². The van der Waals surface area contributed by atoms with Crippen molar-refractivity contribution in [2.45, 2.75) is 38.0 Å². The second kappa shape index (κ2) is 6.70. The van der Waals surface area contributed by atoms with Crippen LogP contribution in [0, 0.1) is 6.92 Å². The molecule has 1 aromatic heterocycles. The quantitative estimate of drug-likeness (QED) is 0.839. The van der Waals surface area contributed by atoms with E-state index < -0.39 is 15.3 Å². The standard InChI is InChI=1S/C15H19ClN4O3S/c1-3-14-18-19-15(23-14)13-7-11(8-17-13)24(21,22)20-10-5-4-9(2)12(16)6-10/h4-6,11,13,17,20H,3,7-8H2,1-2H3. The van der Waals surface area contributed by atoms with Gasteiger partial charge in [-0.15, -0.1) is 10.2 Å². The molecule has 1 aliphatic heterocycles. The van der Waals surface area contributed by atoms with E-state index in [1.54, 1.807) is 18.2 Å². The van der Waals surface area contributed by atoms with Crippen molar-refractivity contribution in [1.82, 2.24) is 15.5 Å². The third-order valence-corrected chi connectivity index (χ3v) is 6.21. The second-order valence-electron chi connectivity index (χ2n) is 5.82. The number of nitrogens with one attached hydrogen (secondary N) is 2. The van der Waals surface area contributed by atoms with Crippen LogP contribution in [0.5, 0.6) is 0 Å². The summed E-state index contributed by atoms with van der Waals surface area (Å²) in [4.78, 5) is 0.